The summed E-state index contributed by atoms with van der Waals surface area (Å²) in [6.07, 6.45) is 3.02. The van der Waals surface area contributed by atoms with Gasteiger partial charge in [-0.1, -0.05) is 18.2 Å². The van der Waals surface area contributed by atoms with Gasteiger partial charge in [-0.3, -0.25) is 9.59 Å². The molecule has 0 aromatic heterocycles. The van der Waals surface area contributed by atoms with Crippen LogP contribution in [0.25, 0.3) is 11.1 Å². The maximum Gasteiger partial charge on any atom is 0.230 e. The lowest BCUT2D eigenvalue weighted by molar-refractivity contribution is -0.120. The largest absolute Gasteiger partial charge is 0.308 e. The predicted octanol–water partition coefficient (Wildman–Crippen LogP) is 3.26. The third-order valence-electron chi connectivity index (χ3n) is 5.56. The summed E-state index contributed by atoms with van der Waals surface area (Å²) in [7, 11) is -3.26. The zero-order valence-electron chi connectivity index (χ0n) is 16.8. The average molecular weight is 413 g/mol. The van der Waals surface area contributed by atoms with Gasteiger partial charge in [0.05, 0.1) is 22.3 Å². The quantitative estimate of drug-likeness (QED) is 0.776. The first kappa shape index (κ1) is 19.6. The third-order valence-corrected chi connectivity index (χ3v) is 6.69. The fraction of sp³-hybridized carbons (Fsp3) is 0.364. The van der Waals surface area contributed by atoms with Crippen LogP contribution < -0.4 is 9.80 Å². The summed E-state index contributed by atoms with van der Waals surface area (Å²) >= 11 is 0. The highest BCUT2D eigenvalue weighted by Gasteiger charge is 2.39. The second-order valence-electron chi connectivity index (χ2n) is 7.96. The highest BCUT2D eigenvalue weighted by Crippen LogP contribution is 2.42. The van der Waals surface area contributed by atoms with Gasteiger partial charge in [0.25, 0.3) is 0 Å². The van der Waals surface area contributed by atoms with Crippen molar-refractivity contribution >= 4 is 33.0 Å². The summed E-state index contributed by atoms with van der Waals surface area (Å²) in [5.74, 6) is 0.144. The Labute approximate surface area is 171 Å². The third kappa shape index (κ3) is 3.67. The van der Waals surface area contributed by atoms with Crippen molar-refractivity contribution < 1.29 is 18.0 Å². The van der Waals surface area contributed by atoms with Crippen molar-refractivity contribution in [3.8, 4) is 11.1 Å². The van der Waals surface area contributed by atoms with E-state index >= 15 is 0 Å². The molecule has 1 atom stereocenters. The zero-order valence-corrected chi connectivity index (χ0v) is 17.6. The van der Waals surface area contributed by atoms with E-state index in [4.69, 9.17) is 0 Å². The highest BCUT2D eigenvalue weighted by atomic mass is 32.2. The van der Waals surface area contributed by atoms with E-state index in [2.05, 4.69) is 0 Å². The van der Waals surface area contributed by atoms with E-state index in [1.54, 1.807) is 29.2 Å². The van der Waals surface area contributed by atoms with Crippen molar-refractivity contribution in [2.45, 2.75) is 37.6 Å². The molecule has 0 N–H and O–H groups in total. The molecular formula is C22H24N2O4S. The molecule has 1 heterocycles. The number of hydrogen-bond donors (Lipinski definition) is 0. The molecule has 0 bridgehead atoms. The van der Waals surface area contributed by atoms with E-state index in [9.17, 15) is 18.0 Å². The highest BCUT2D eigenvalue weighted by molar-refractivity contribution is 7.90. The molecule has 7 heteroatoms. The summed E-state index contributed by atoms with van der Waals surface area (Å²) in [6.45, 7) is 3.96. The number of carbonyl (C=O) groups is 2. The van der Waals surface area contributed by atoms with Crippen LogP contribution in [0.2, 0.25) is 0 Å². The van der Waals surface area contributed by atoms with E-state index in [0.29, 0.717) is 6.54 Å². The fourth-order valence-corrected chi connectivity index (χ4v) is 4.57. The second kappa shape index (κ2) is 6.99. The molecule has 4 rings (SSSR count). The summed E-state index contributed by atoms with van der Waals surface area (Å²) in [4.78, 5) is 29.0. The lowest BCUT2D eigenvalue weighted by atomic mass is 10.00. The standard InChI is InChI=1S/C22H24N2O4S/c1-14-13-23(22(26)17-4-5-17)21-12-18(8-11-20(21)24(14)15(2)25)16-6-9-19(10-7-16)29(3,27)28/h6-12,14,17H,4-5,13H2,1-3H3/t14-/m0/s1. The van der Waals surface area contributed by atoms with Gasteiger partial charge in [-0.2, -0.15) is 0 Å². The monoisotopic (exact) mass is 412 g/mol. The Balaban J connectivity index is 1.78. The van der Waals surface area contributed by atoms with E-state index in [-0.39, 0.29) is 28.7 Å². The van der Waals surface area contributed by atoms with E-state index in [1.807, 2.05) is 30.0 Å². The molecule has 152 valence electrons. The van der Waals surface area contributed by atoms with Crippen LogP contribution in [0, 0.1) is 5.92 Å². The molecule has 29 heavy (non-hydrogen) atoms. The molecule has 6 nitrogen and oxygen atoms in total. The van der Waals surface area contributed by atoms with Crippen molar-refractivity contribution in [3.05, 3.63) is 42.5 Å². The predicted molar refractivity (Wildman–Crippen MR) is 113 cm³/mol. The van der Waals surface area contributed by atoms with E-state index in [1.165, 1.54) is 13.2 Å². The minimum Gasteiger partial charge on any atom is -0.308 e. The first-order valence-electron chi connectivity index (χ1n) is 9.72. The Morgan fingerprint density at radius 2 is 1.59 bits per heavy atom. The van der Waals surface area contributed by atoms with Crippen LogP contribution in [0.4, 0.5) is 11.4 Å². The molecule has 2 amide bonds. The van der Waals surface area contributed by atoms with E-state index in [0.717, 1.165) is 35.3 Å². The number of nitrogens with zero attached hydrogens (tertiary/aromatic N) is 2. The molecule has 2 aliphatic rings. The number of hydrogen-bond acceptors (Lipinski definition) is 4. The number of anilines is 2. The molecule has 1 saturated carbocycles. The van der Waals surface area contributed by atoms with E-state index < -0.39 is 9.84 Å². The Morgan fingerprint density at radius 1 is 0.966 bits per heavy atom. The lowest BCUT2D eigenvalue weighted by Crippen LogP contribution is -2.51. The first-order valence-corrected chi connectivity index (χ1v) is 11.6. The Kier molecular flexibility index (Phi) is 4.73. The van der Waals surface area contributed by atoms with Crippen LogP contribution in [0.5, 0.6) is 0 Å². The lowest BCUT2D eigenvalue weighted by Gasteiger charge is -2.41. The Morgan fingerprint density at radius 3 is 2.14 bits per heavy atom. The molecule has 0 spiro atoms. The SMILES string of the molecule is CC(=O)N1c2ccc(-c3ccc(S(C)(=O)=O)cc3)cc2N(C(=O)C2CC2)C[C@@H]1C. The maximum atomic E-state index is 12.9. The molecule has 0 saturated heterocycles. The molecule has 0 radical (unpaired) electrons. The molecule has 1 aliphatic heterocycles. The zero-order chi connectivity index (χ0) is 20.9. The molecule has 0 unspecified atom stereocenters. The van der Waals surface area contributed by atoms with Crippen molar-refractivity contribution in [1.29, 1.82) is 0 Å². The van der Waals surface area contributed by atoms with Crippen LogP contribution in [-0.2, 0) is 19.4 Å². The molecule has 1 aliphatic carbocycles. The average Bonchev–Trinajstić information content (AvgIpc) is 3.51. The van der Waals surface area contributed by atoms with Crippen LogP contribution in [0.15, 0.2) is 47.4 Å². The number of rotatable bonds is 3. The minimum atomic E-state index is -3.26. The molecule has 1 fully saturated rings. The summed E-state index contributed by atoms with van der Waals surface area (Å²) in [5.41, 5.74) is 3.20. The number of sulfone groups is 1. The van der Waals surface area contributed by atoms with Crippen LogP contribution in [0.3, 0.4) is 0 Å². The summed E-state index contributed by atoms with van der Waals surface area (Å²) in [6, 6.07) is 12.3. The molecule has 2 aromatic carbocycles. The summed E-state index contributed by atoms with van der Waals surface area (Å²) < 4.78 is 23.4. The fourth-order valence-electron chi connectivity index (χ4n) is 3.94. The van der Waals surface area contributed by atoms with Gasteiger partial charge >= 0.3 is 0 Å². The maximum absolute atomic E-state index is 12.9. The topological polar surface area (TPSA) is 74.8 Å². The number of fused-ring (bicyclic) bond motifs is 1. The minimum absolute atomic E-state index is 0.0532. The van der Waals surface area contributed by atoms with Crippen molar-refractivity contribution in [3.63, 3.8) is 0 Å². The van der Waals surface area contributed by atoms with Gasteiger partial charge in [0.2, 0.25) is 11.8 Å². The van der Waals surface area contributed by atoms with Crippen LogP contribution >= 0.6 is 0 Å². The number of benzene rings is 2. The van der Waals surface area contributed by atoms with Crippen molar-refractivity contribution in [2.75, 3.05) is 22.6 Å². The van der Waals surface area contributed by atoms with Gasteiger partial charge < -0.3 is 9.80 Å². The Bertz CT molecular complexity index is 1090. The summed E-state index contributed by atoms with van der Waals surface area (Å²) in [5, 5.41) is 0. The Hall–Kier alpha value is -2.67. The van der Waals surface area contributed by atoms with Gasteiger partial charge in [0.15, 0.2) is 9.84 Å². The van der Waals surface area contributed by atoms with Crippen molar-refractivity contribution in [1.82, 2.24) is 0 Å². The number of carbonyl (C=O) groups excluding carboxylic acids is 2. The van der Waals surface area contributed by atoms with Crippen molar-refractivity contribution in [2.24, 2.45) is 5.92 Å². The molecular weight excluding hydrogens is 388 g/mol. The van der Waals surface area contributed by atoms with Gasteiger partial charge in [-0.05, 0) is 55.2 Å². The molecule has 2 aromatic rings. The van der Waals surface area contributed by atoms with Gasteiger partial charge in [-0.25, -0.2) is 8.42 Å². The van der Waals surface area contributed by atoms with Gasteiger partial charge in [0, 0.05) is 25.6 Å². The van der Waals surface area contributed by atoms with Crippen LogP contribution in [0.1, 0.15) is 26.7 Å². The number of amides is 2. The smallest absolute Gasteiger partial charge is 0.230 e. The first-order chi connectivity index (χ1) is 13.7. The van der Waals surface area contributed by atoms with Gasteiger partial charge in [0.1, 0.15) is 0 Å². The van der Waals surface area contributed by atoms with Gasteiger partial charge in [-0.15, -0.1) is 0 Å². The second-order valence-corrected chi connectivity index (χ2v) is 9.98. The normalized spacial score (nSPS) is 19.1. The van der Waals surface area contributed by atoms with Crippen LogP contribution in [-0.4, -0.2) is 39.1 Å².